The molecule has 0 radical (unpaired) electrons. The first kappa shape index (κ1) is 18.1. The number of hydrogen-bond donors (Lipinski definition) is 3. The second kappa shape index (κ2) is 7.57. The van der Waals surface area contributed by atoms with Crippen molar-refractivity contribution in [1.29, 1.82) is 0 Å². The second-order valence-corrected chi connectivity index (χ2v) is 7.35. The molecule has 0 heterocycles. The van der Waals surface area contributed by atoms with Gasteiger partial charge in [0.1, 0.15) is 6.54 Å². The van der Waals surface area contributed by atoms with Gasteiger partial charge in [0.15, 0.2) is 6.04 Å². The molecule has 1 unspecified atom stereocenters. The minimum absolute atomic E-state index is 0.0142. The molecule has 0 spiro atoms. The summed E-state index contributed by atoms with van der Waals surface area (Å²) in [6.45, 7) is 2.59. The summed E-state index contributed by atoms with van der Waals surface area (Å²) in [7, 11) is -1.77. The fraction of sp³-hybridized carbons (Fsp3) is 0.235. The lowest BCUT2D eigenvalue weighted by molar-refractivity contribution is -0.907. The molecule has 0 aliphatic rings. The van der Waals surface area contributed by atoms with E-state index >= 15 is 0 Å². The Morgan fingerprint density at radius 3 is 2.25 bits per heavy atom. The summed E-state index contributed by atoms with van der Waals surface area (Å²) in [5, 5.41) is 7.84. The first-order chi connectivity index (χ1) is 11.3. The van der Waals surface area contributed by atoms with E-state index in [1.54, 1.807) is 0 Å². The van der Waals surface area contributed by atoms with Crippen LogP contribution in [-0.2, 0) is 21.4 Å². The molecule has 6 nitrogen and oxygen atoms in total. The lowest BCUT2D eigenvalue weighted by atomic mass is 10.2. The largest absolute Gasteiger partial charge is 0.324 e. The Bertz CT molecular complexity index is 790. The maximum atomic E-state index is 12.4. The number of quaternary nitrogens is 1. The number of anilines is 1. The Morgan fingerprint density at radius 2 is 1.71 bits per heavy atom. The van der Waals surface area contributed by atoms with Crippen molar-refractivity contribution in [1.82, 2.24) is 0 Å². The number of likely N-dealkylation sites (N-methyl/N-ethyl adjacent to an activating group) is 1. The highest BCUT2D eigenvalue weighted by Crippen LogP contribution is 2.12. The van der Waals surface area contributed by atoms with Crippen molar-refractivity contribution in [3.63, 3.8) is 0 Å². The molecule has 2 aromatic carbocycles. The van der Waals surface area contributed by atoms with Crippen molar-refractivity contribution >= 4 is 21.6 Å². The van der Waals surface area contributed by atoms with Crippen LogP contribution in [0.5, 0.6) is 0 Å². The third-order valence-corrected chi connectivity index (χ3v) is 4.84. The van der Waals surface area contributed by atoms with Gasteiger partial charge >= 0.3 is 0 Å². The number of amides is 1. The van der Waals surface area contributed by atoms with Gasteiger partial charge in [-0.25, -0.2) is 13.6 Å². The summed E-state index contributed by atoms with van der Waals surface area (Å²) >= 11 is 0. The Kier molecular flexibility index (Phi) is 5.71. The Morgan fingerprint density at radius 1 is 1.12 bits per heavy atom. The topological polar surface area (TPSA) is 93.7 Å². The van der Waals surface area contributed by atoms with Crippen molar-refractivity contribution < 1.29 is 18.1 Å². The van der Waals surface area contributed by atoms with Gasteiger partial charge in [-0.2, -0.15) is 0 Å². The summed E-state index contributed by atoms with van der Waals surface area (Å²) in [4.78, 5) is 13.4. The van der Waals surface area contributed by atoms with Gasteiger partial charge in [0, 0.05) is 11.3 Å². The van der Waals surface area contributed by atoms with E-state index < -0.39 is 10.0 Å². The Balaban J connectivity index is 1.98. The molecule has 4 N–H and O–H groups in total. The quantitative estimate of drug-likeness (QED) is 0.704. The van der Waals surface area contributed by atoms with E-state index in [0.29, 0.717) is 5.69 Å². The fourth-order valence-corrected chi connectivity index (χ4v) is 2.79. The number of nitrogens with one attached hydrogen (secondary N) is 2. The average Bonchev–Trinajstić information content (AvgIpc) is 2.54. The summed E-state index contributed by atoms with van der Waals surface area (Å²) in [5.41, 5.74) is 1.69. The van der Waals surface area contributed by atoms with E-state index in [-0.39, 0.29) is 16.8 Å². The summed E-state index contributed by atoms with van der Waals surface area (Å²) < 4.78 is 22.4. The number of primary sulfonamides is 1. The zero-order valence-electron chi connectivity index (χ0n) is 13.7. The lowest BCUT2D eigenvalue weighted by Gasteiger charge is -2.21. The molecule has 24 heavy (non-hydrogen) atoms. The van der Waals surface area contributed by atoms with Crippen molar-refractivity contribution in [2.45, 2.75) is 24.4 Å². The maximum absolute atomic E-state index is 12.4. The summed E-state index contributed by atoms with van der Waals surface area (Å²) in [6.07, 6.45) is 0. The molecule has 2 aromatic rings. The number of sulfonamides is 1. The molecule has 0 bridgehead atoms. The molecule has 0 aliphatic heterocycles. The maximum Gasteiger partial charge on any atom is 0.282 e. The van der Waals surface area contributed by atoms with Crippen LogP contribution >= 0.6 is 0 Å². The zero-order valence-corrected chi connectivity index (χ0v) is 14.5. The highest BCUT2D eigenvalue weighted by molar-refractivity contribution is 7.89. The van der Waals surface area contributed by atoms with E-state index in [9.17, 15) is 13.2 Å². The molecule has 0 aliphatic carbocycles. The van der Waals surface area contributed by atoms with E-state index in [1.807, 2.05) is 44.3 Å². The minimum Gasteiger partial charge on any atom is -0.324 e. The van der Waals surface area contributed by atoms with Gasteiger partial charge in [-0.15, -0.1) is 0 Å². The molecule has 128 valence electrons. The monoisotopic (exact) mass is 348 g/mol. The Hall–Kier alpha value is -2.22. The number of nitrogens with two attached hydrogens (primary N) is 1. The van der Waals surface area contributed by atoms with Crippen LogP contribution in [0.15, 0.2) is 59.5 Å². The predicted octanol–water partition coefficient (Wildman–Crippen LogP) is 0.376. The fourth-order valence-electron chi connectivity index (χ4n) is 2.27. The molecule has 0 saturated heterocycles. The normalized spacial score (nSPS) is 14.0. The van der Waals surface area contributed by atoms with Gasteiger partial charge in [-0.1, -0.05) is 30.3 Å². The average molecular weight is 348 g/mol. The van der Waals surface area contributed by atoms with Crippen LogP contribution in [0.1, 0.15) is 12.5 Å². The molecule has 0 saturated carbocycles. The first-order valence-corrected chi connectivity index (χ1v) is 9.12. The van der Waals surface area contributed by atoms with Crippen LogP contribution in [0.3, 0.4) is 0 Å². The standard InChI is InChI=1S/C17H21N3O3S/c1-13(20(2)12-14-6-4-3-5-7-14)17(21)19-15-8-10-16(11-9-15)24(18,22)23/h3-11,13H,12H2,1-2H3,(H,19,21)(H2,18,22,23)/p+1/t13-/m1/s1. The summed E-state index contributed by atoms with van der Waals surface area (Å²) in [5.74, 6) is -0.133. The summed E-state index contributed by atoms with van der Waals surface area (Å²) in [6, 6.07) is 15.5. The van der Waals surface area contributed by atoms with Crippen LogP contribution in [0.2, 0.25) is 0 Å². The van der Waals surface area contributed by atoms with E-state index in [2.05, 4.69) is 5.32 Å². The first-order valence-electron chi connectivity index (χ1n) is 7.57. The van der Waals surface area contributed by atoms with Crippen molar-refractivity contribution in [3.05, 3.63) is 60.2 Å². The number of carbonyl (C=O) groups excluding carboxylic acids is 1. The molecular weight excluding hydrogens is 326 g/mol. The molecule has 2 rings (SSSR count). The molecule has 1 amide bonds. The smallest absolute Gasteiger partial charge is 0.282 e. The molecule has 0 aromatic heterocycles. The molecule has 7 heteroatoms. The van der Waals surface area contributed by atoms with Crippen LogP contribution in [0.25, 0.3) is 0 Å². The van der Waals surface area contributed by atoms with Crippen LogP contribution in [-0.4, -0.2) is 27.4 Å². The van der Waals surface area contributed by atoms with Gasteiger partial charge in [0.2, 0.25) is 10.0 Å². The van der Waals surface area contributed by atoms with Gasteiger partial charge in [0.05, 0.1) is 11.9 Å². The zero-order chi connectivity index (χ0) is 17.7. The third-order valence-electron chi connectivity index (χ3n) is 3.91. The van der Waals surface area contributed by atoms with E-state index in [0.717, 1.165) is 17.0 Å². The predicted molar refractivity (Wildman–Crippen MR) is 92.9 cm³/mol. The second-order valence-electron chi connectivity index (χ2n) is 5.79. The van der Waals surface area contributed by atoms with Crippen LogP contribution < -0.4 is 15.4 Å². The molecule has 2 atom stereocenters. The van der Waals surface area contributed by atoms with Crippen molar-refractivity contribution in [2.75, 3.05) is 12.4 Å². The number of hydrogen-bond acceptors (Lipinski definition) is 3. The molecular formula is C17H22N3O3S+. The highest BCUT2D eigenvalue weighted by atomic mass is 32.2. The lowest BCUT2D eigenvalue weighted by Crippen LogP contribution is -3.12. The van der Waals surface area contributed by atoms with E-state index in [1.165, 1.54) is 24.3 Å². The number of rotatable bonds is 6. The molecule has 0 fully saturated rings. The van der Waals surface area contributed by atoms with Crippen molar-refractivity contribution in [2.24, 2.45) is 5.14 Å². The van der Waals surface area contributed by atoms with Crippen molar-refractivity contribution in [3.8, 4) is 0 Å². The van der Waals surface area contributed by atoms with Gasteiger partial charge < -0.3 is 10.2 Å². The Labute approximate surface area is 142 Å². The number of carbonyl (C=O) groups is 1. The van der Waals surface area contributed by atoms with E-state index in [4.69, 9.17) is 5.14 Å². The van der Waals surface area contributed by atoms with Crippen LogP contribution in [0, 0.1) is 0 Å². The highest BCUT2D eigenvalue weighted by Gasteiger charge is 2.22. The minimum atomic E-state index is -3.73. The van der Waals surface area contributed by atoms with Gasteiger partial charge in [-0.05, 0) is 31.2 Å². The van der Waals surface area contributed by atoms with Gasteiger partial charge in [0.25, 0.3) is 5.91 Å². The number of benzene rings is 2. The van der Waals surface area contributed by atoms with Gasteiger partial charge in [-0.3, -0.25) is 4.79 Å². The van der Waals surface area contributed by atoms with Crippen LogP contribution in [0.4, 0.5) is 5.69 Å². The third kappa shape index (κ3) is 4.89. The SMILES string of the molecule is C[C@H](C(=O)Nc1ccc(S(N)(=O)=O)cc1)[NH+](C)Cc1ccccc1.